The molecule has 1 fully saturated rings. The fraction of sp³-hybridized carbons (Fsp3) is 0.276. The van der Waals surface area contributed by atoms with Gasteiger partial charge in [-0.25, -0.2) is 0 Å². The van der Waals surface area contributed by atoms with E-state index in [1.807, 2.05) is 79.7 Å². The highest BCUT2D eigenvalue weighted by molar-refractivity contribution is 6.36. The van der Waals surface area contributed by atoms with Gasteiger partial charge >= 0.3 is 0 Å². The monoisotopic (exact) mass is 518 g/mol. The number of benzene rings is 3. The lowest BCUT2D eigenvalue weighted by atomic mass is 9.54. The van der Waals surface area contributed by atoms with Crippen molar-refractivity contribution in [3.63, 3.8) is 0 Å². The zero-order valence-corrected chi connectivity index (χ0v) is 21.3. The summed E-state index contributed by atoms with van der Waals surface area (Å²) in [6, 6.07) is 21.4. The Kier molecular flexibility index (Phi) is 5.12. The highest BCUT2D eigenvalue weighted by atomic mass is 35.5. The van der Waals surface area contributed by atoms with Crippen LogP contribution in [0.3, 0.4) is 0 Å². The van der Waals surface area contributed by atoms with Gasteiger partial charge in [-0.3, -0.25) is 19.3 Å². The molecule has 3 amide bonds. The molecule has 1 saturated heterocycles. The Bertz CT molecular complexity index is 1330. The Morgan fingerprint density at radius 3 is 1.69 bits per heavy atom. The number of halogens is 2. The van der Waals surface area contributed by atoms with Gasteiger partial charge in [0.25, 0.3) is 0 Å². The fourth-order valence-corrected chi connectivity index (χ4v) is 7.47. The highest BCUT2D eigenvalue weighted by Crippen LogP contribution is 2.69. The Balaban J connectivity index is 1.44. The Hall–Kier alpha value is -3.15. The first kappa shape index (κ1) is 23.3. The minimum Gasteiger partial charge on any atom is -0.324 e. The predicted molar refractivity (Wildman–Crippen MR) is 139 cm³/mol. The molecule has 3 aliphatic carbocycles. The second kappa shape index (κ2) is 7.92. The maximum absolute atomic E-state index is 14.0. The lowest BCUT2D eigenvalue weighted by molar-refractivity contribution is -0.146. The minimum absolute atomic E-state index is 0.439. The normalized spacial score (nSPS) is 28.4. The third kappa shape index (κ3) is 2.76. The van der Waals surface area contributed by atoms with Crippen molar-refractivity contribution in [2.24, 2.45) is 11.8 Å². The third-order valence-electron chi connectivity index (χ3n) is 8.04. The van der Waals surface area contributed by atoms with Gasteiger partial charge in [0.1, 0.15) is 15.8 Å². The van der Waals surface area contributed by atoms with Gasteiger partial charge in [0.15, 0.2) is 0 Å². The van der Waals surface area contributed by atoms with E-state index in [0.29, 0.717) is 5.69 Å². The van der Waals surface area contributed by atoms with Crippen molar-refractivity contribution in [2.45, 2.75) is 36.1 Å². The van der Waals surface area contributed by atoms with Gasteiger partial charge in [-0.1, -0.05) is 73.7 Å². The van der Waals surface area contributed by atoms with Crippen molar-refractivity contribution in [1.82, 2.24) is 4.90 Å². The number of aryl methyl sites for hydroxylation is 1. The smallest absolute Gasteiger partial charge is 0.247 e. The molecule has 0 aromatic heterocycles. The lowest BCUT2D eigenvalue weighted by Crippen LogP contribution is -2.57. The molecule has 1 aliphatic heterocycles. The Labute approximate surface area is 219 Å². The van der Waals surface area contributed by atoms with Gasteiger partial charge in [0.05, 0.1) is 11.8 Å². The average molecular weight is 519 g/mol. The van der Waals surface area contributed by atoms with E-state index in [9.17, 15) is 14.4 Å². The number of anilines is 1. The van der Waals surface area contributed by atoms with E-state index < -0.39 is 45.3 Å². The number of carbonyl (C=O) groups is 3. The molecule has 2 bridgehead atoms. The van der Waals surface area contributed by atoms with E-state index in [4.69, 9.17) is 23.2 Å². The summed E-state index contributed by atoms with van der Waals surface area (Å²) >= 11 is 14.9. The number of hydrogen-bond donors (Lipinski definition) is 1. The number of likely N-dealkylation sites (tertiary alicyclic amines) is 1. The van der Waals surface area contributed by atoms with Crippen molar-refractivity contribution in [3.05, 3.63) is 101 Å². The zero-order chi connectivity index (χ0) is 25.4. The number of carbonyl (C=O) groups excluding carboxylic acids is 3. The fourth-order valence-electron chi connectivity index (χ4n) is 6.38. The molecule has 36 heavy (non-hydrogen) atoms. The maximum Gasteiger partial charge on any atom is 0.247 e. The Morgan fingerprint density at radius 2 is 1.25 bits per heavy atom. The molecule has 3 atom stereocenters. The summed E-state index contributed by atoms with van der Waals surface area (Å²) in [5.74, 6) is -3.23. The van der Waals surface area contributed by atoms with Gasteiger partial charge in [0.2, 0.25) is 17.7 Å². The number of rotatable bonds is 4. The van der Waals surface area contributed by atoms with Crippen LogP contribution in [0.15, 0.2) is 72.8 Å². The van der Waals surface area contributed by atoms with Crippen LogP contribution in [0, 0.1) is 11.8 Å². The summed E-state index contributed by atoms with van der Waals surface area (Å²) in [6.45, 7) is 3.57. The van der Waals surface area contributed by atoms with E-state index in [-0.39, 0.29) is 0 Å². The minimum atomic E-state index is -1.26. The molecular formula is C29H24Cl2N2O3. The number of nitrogens with zero attached hydrogens (tertiary/aromatic N) is 1. The van der Waals surface area contributed by atoms with Crippen LogP contribution in [-0.2, 0) is 30.6 Å². The molecule has 0 spiro atoms. The number of amides is 3. The maximum atomic E-state index is 14.0. The van der Waals surface area contributed by atoms with Crippen LogP contribution in [-0.4, -0.2) is 28.7 Å². The van der Waals surface area contributed by atoms with Crippen molar-refractivity contribution in [2.75, 3.05) is 5.32 Å². The topological polar surface area (TPSA) is 66.5 Å². The van der Waals surface area contributed by atoms with Crippen molar-refractivity contribution >= 4 is 46.6 Å². The van der Waals surface area contributed by atoms with E-state index in [2.05, 4.69) is 5.32 Å². The second-order valence-corrected chi connectivity index (χ2v) is 10.9. The molecule has 3 aromatic rings. The number of hydrogen-bond acceptors (Lipinski definition) is 3. The summed E-state index contributed by atoms with van der Waals surface area (Å²) < 4.78 is 0. The van der Waals surface area contributed by atoms with E-state index >= 15 is 0 Å². The van der Waals surface area contributed by atoms with Gasteiger partial charge in [-0.05, 0) is 47.2 Å². The van der Waals surface area contributed by atoms with Crippen molar-refractivity contribution < 1.29 is 14.4 Å². The molecule has 1 heterocycles. The molecule has 5 nitrogen and oxygen atoms in total. The molecule has 182 valence electrons. The molecule has 0 saturated carbocycles. The van der Waals surface area contributed by atoms with Crippen molar-refractivity contribution in [3.8, 4) is 0 Å². The van der Waals surface area contributed by atoms with Crippen LogP contribution < -0.4 is 5.32 Å². The molecule has 3 aromatic carbocycles. The summed E-state index contributed by atoms with van der Waals surface area (Å²) in [5.41, 5.74) is 4.57. The number of imide groups is 1. The standard InChI is InChI=1S/C29H24Cl2N2O3/c1-3-17-10-4-9-15-22(17)32-25(34)16(2)33-26(35)23-24(27(33)36)29(31)19-12-6-5-11-18(19)28(23,30)20-13-7-8-14-21(20)29/h4-16,23-24H,3H2,1-2H3,(H,32,34)/t16-,23-,24+,28?,29?/m1/s1. The molecule has 0 radical (unpaired) electrons. The van der Waals surface area contributed by atoms with Crippen LogP contribution in [0.1, 0.15) is 41.7 Å². The van der Waals surface area contributed by atoms with Gasteiger partial charge < -0.3 is 5.32 Å². The van der Waals surface area contributed by atoms with Gasteiger partial charge in [-0.15, -0.1) is 23.2 Å². The van der Waals surface area contributed by atoms with Crippen LogP contribution in [0.5, 0.6) is 0 Å². The number of alkyl halides is 2. The molecule has 4 aliphatic rings. The van der Waals surface area contributed by atoms with E-state index in [1.165, 1.54) is 0 Å². The van der Waals surface area contributed by atoms with Gasteiger partial charge in [0, 0.05) is 5.69 Å². The first-order valence-corrected chi connectivity index (χ1v) is 12.8. The Morgan fingerprint density at radius 1 is 0.833 bits per heavy atom. The largest absolute Gasteiger partial charge is 0.324 e. The van der Waals surface area contributed by atoms with Crippen LogP contribution in [0.4, 0.5) is 5.69 Å². The van der Waals surface area contributed by atoms with Crippen LogP contribution >= 0.6 is 23.2 Å². The highest BCUT2D eigenvalue weighted by Gasteiger charge is 2.73. The van der Waals surface area contributed by atoms with Crippen molar-refractivity contribution in [1.29, 1.82) is 0 Å². The second-order valence-electron chi connectivity index (χ2n) is 9.69. The lowest BCUT2D eigenvalue weighted by Gasteiger charge is -2.54. The first-order chi connectivity index (χ1) is 17.3. The van der Waals surface area contributed by atoms with E-state index in [0.717, 1.165) is 39.1 Å². The number of para-hydroxylation sites is 1. The third-order valence-corrected chi connectivity index (χ3v) is 9.33. The number of nitrogens with one attached hydrogen (secondary N) is 1. The first-order valence-electron chi connectivity index (χ1n) is 12.1. The zero-order valence-electron chi connectivity index (χ0n) is 19.8. The summed E-state index contributed by atoms with van der Waals surface area (Å²) in [4.78, 5) is 39.9. The average Bonchev–Trinajstić information content (AvgIpc) is 3.18. The van der Waals surface area contributed by atoms with Crippen LogP contribution in [0.25, 0.3) is 0 Å². The quantitative estimate of drug-likeness (QED) is 0.382. The molecule has 7 heteroatoms. The molecule has 7 rings (SSSR count). The summed E-state index contributed by atoms with van der Waals surface area (Å²) in [6.07, 6.45) is 0.733. The molecule has 0 unspecified atom stereocenters. The SMILES string of the molecule is CCc1ccccc1NC(=O)[C@@H](C)N1C(=O)[C@@H]2[C@H](C1=O)C1(Cl)c3ccccc3C2(Cl)c2ccccc21. The van der Waals surface area contributed by atoms with Crippen LogP contribution in [0.2, 0.25) is 0 Å². The summed E-state index contributed by atoms with van der Waals surface area (Å²) in [7, 11) is 0. The predicted octanol–water partition coefficient (Wildman–Crippen LogP) is 5.17. The summed E-state index contributed by atoms with van der Waals surface area (Å²) in [5, 5.41) is 2.90. The molecule has 1 N–H and O–H groups in total. The molecular weight excluding hydrogens is 495 g/mol. The van der Waals surface area contributed by atoms with Gasteiger partial charge in [-0.2, -0.15) is 0 Å². The van der Waals surface area contributed by atoms with E-state index in [1.54, 1.807) is 6.92 Å².